The molecule has 0 amide bonds. The minimum atomic E-state index is -0.880. The topological polar surface area (TPSA) is 63.3 Å². The number of carbonyl (C=O) groups is 1. The van der Waals surface area contributed by atoms with Gasteiger partial charge in [-0.15, -0.1) is 0 Å². The van der Waals surface area contributed by atoms with Crippen LogP contribution in [0.15, 0.2) is 10.6 Å². The van der Waals surface area contributed by atoms with Gasteiger partial charge < -0.3 is 9.52 Å². The monoisotopic (exact) mass is 209 g/mol. The van der Waals surface area contributed by atoms with Crippen molar-refractivity contribution in [2.24, 2.45) is 0 Å². The van der Waals surface area contributed by atoms with E-state index in [0.29, 0.717) is 11.7 Å². The van der Waals surface area contributed by atoms with Crippen molar-refractivity contribution in [3.8, 4) is 0 Å². The summed E-state index contributed by atoms with van der Waals surface area (Å²) >= 11 is 0. The Kier molecular flexibility index (Phi) is 2.50. The number of nitrogens with zero attached hydrogens (tertiary/aromatic N) is 1. The van der Waals surface area contributed by atoms with Gasteiger partial charge in [-0.25, -0.2) is 4.98 Å². The number of hydrogen-bond acceptors (Lipinski definition) is 3. The number of carboxylic acid groups (broad SMARTS) is 1. The molecule has 1 aromatic rings. The summed E-state index contributed by atoms with van der Waals surface area (Å²) in [5, 5.41) is 8.62. The quantitative estimate of drug-likeness (QED) is 0.828. The molecule has 1 saturated carbocycles. The minimum Gasteiger partial charge on any atom is -0.481 e. The zero-order chi connectivity index (χ0) is 10.9. The molecule has 0 unspecified atom stereocenters. The molecule has 82 valence electrons. The molecular weight excluding hydrogens is 194 g/mol. The van der Waals surface area contributed by atoms with Gasteiger partial charge >= 0.3 is 5.97 Å². The molecule has 0 atom stereocenters. The second-order valence-corrected chi connectivity index (χ2v) is 4.47. The second kappa shape index (κ2) is 3.68. The lowest BCUT2D eigenvalue weighted by Gasteiger charge is -2.18. The highest BCUT2D eigenvalue weighted by Gasteiger charge is 2.35. The maximum absolute atomic E-state index is 10.5. The number of hydrogen-bond donors (Lipinski definition) is 1. The van der Waals surface area contributed by atoms with Crippen LogP contribution in [0, 0.1) is 0 Å². The van der Waals surface area contributed by atoms with Crippen molar-refractivity contribution in [1.82, 2.24) is 4.98 Å². The maximum Gasteiger partial charge on any atom is 0.311 e. The summed E-state index contributed by atoms with van der Waals surface area (Å²) in [6.07, 6.45) is 6.02. The normalized spacial score (nSPS) is 19.3. The lowest BCUT2D eigenvalue weighted by atomic mass is 9.89. The molecule has 1 fully saturated rings. The standard InChI is InChI=1S/C11H15NO3/c1-11(4-2-3-5-11)10-12-7-8(15-10)6-9(13)14/h7H,2-6H2,1H3,(H,13,14). The van der Waals surface area contributed by atoms with Crippen LogP contribution in [-0.4, -0.2) is 16.1 Å². The molecule has 4 heteroatoms. The van der Waals surface area contributed by atoms with E-state index < -0.39 is 5.97 Å². The summed E-state index contributed by atoms with van der Waals surface area (Å²) in [6.45, 7) is 2.14. The number of aliphatic carboxylic acids is 1. The molecule has 0 spiro atoms. The fourth-order valence-electron chi connectivity index (χ4n) is 2.19. The molecule has 0 saturated heterocycles. The first-order valence-electron chi connectivity index (χ1n) is 5.27. The van der Waals surface area contributed by atoms with E-state index in [4.69, 9.17) is 9.52 Å². The third-order valence-corrected chi connectivity index (χ3v) is 3.10. The first-order chi connectivity index (χ1) is 7.10. The van der Waals surface area contributed by atoms with Gasteiger partial charge in [-0.05, 0) is 12.8 Å². The number of rotatable bonds is 3. The van der Waals surface area contributed by atoms with Crippen LogP contribution in [0.2, 0.25) is 0 Å². The Morgan fingerprint density at radius 1 is 1.60 bits per heavy atom. The molecule has 1 aliphatic carbocycles. The average molecular weight is 209 g/mol. The highest BCUT2D eigenvalue weighted by molar-refractivity contribution is 5.69. The molecule has 0 bridgehead atoms. The molecule has 0 aromatic carbocycles. The lowest BCUT2D eigenvalue weighted by Crippen LogP contribution is -2.16. The van der Waals surface area contributed by atoms with Crippen molar-refractivity contribution in [2.75, 3.05) is 0 Å². The number of carboxylic acids is 1. The fourth-order valence-corrected chi connectivity index (χ4v) is 2.19. The van der Waals surface area contributed by atoms with Crippen molar-refractivity contribution in [1.29, 1.82) is 0 Å². The molecule has 4 nitrogen and oxygen atoms in total. The van der Waals surface area contributed by atoms with Crippen molar-refractivity contribution in [2.45, 2.75) is 44.4 Å². The van der Waals surface area contributed by atoms with E-state index in [1.807, 2.05) is 0 Å². The molecule has 0 radical (unpaired) electrons. The smallest absolute Gasteiger partial charge is 0.311 e. The SMILES string of the molecule is CC1(c2ncc(CC(=O)O)o2)CCCC1. The van der Waals surface area contributed by atoms with Crippen LogP contribution in [0.3, 0.4) is 0 Å². The number of oxazole rings is 1. The Morgan fingerprint density at radius 3 is 2.87 bits per heavy atom. The summed E-state index contributed by atoms with van der Waals surface area (Å²) in [6, 6.07) is 0. The minimum absolute atomic E-state index is 0.0246. The number of aromatic nitrogens is 1. The largest absolute Gasteiger partial charge is 0.481 e. The molecule has 1 N–H and O–H groups in total. The van der Waals surface area contributed by atoms with E-state index in [1.165, 1.54) is 19.0 Å². The third kappa shape index (κ3) is 2.03. The van der Waals surface area contributed by atoms with Crippen LogP contribution in [0.1, 0.15) is 44.3 Å². The van der Waals surface area contributed by atoms with Gasteiger partial charge in [-0.3, -0.25) is 4.79 Å². The van der Waals surface area contributed by atoms with Crippen LogP contribution in [0.4, 0.5) is 0 Å². The molecule has 0 aliphatic heterocycles. The van der Waals surface area contributed by atoms with E-state index in [2.05, 4.69) is 11.9 Å². The van der Waals surface area contributed by atoms with Crippen molar-refractivity contribution in [3.05, 3.63) is 17.8 Å². The highest BCUT2D eigenvalue weighted by Crippen LogP contribution is 2.39. The van der Waals surface area contributed by atoms with Gasteiger partial charge in [0.2, 0.25) is 0 Å². The van der Waals surface area contributed by atoms with Crippen LogP contribution in [0.5, 0.6) is 0 Å². The van der Waals surface area contributed by atoms with Crippen molar-refractivity contribution < 1.29 is 14.3 Å². The van der Waals surface area contributed by atoms with Crippen LogP contribution >= 0.6 is 0 Å². The molecule has 15 heavy (non-hydrogen) atoms. The van der Waals surface area contributed by atoms with E-state index in [0.717, 1.165) is 12.8 Å². The van der Waals surface area contributed by atoms with Crippen LogP contribution < -0.4 is 0 Å². The average Bonchev–Trinajstić information content (AvgIpc) is 2.74. The maximum atomic E-state index is 10.5. The molecular formula is C11H15NO3. The van der Waals surface area contributed by atoms with E-state index in [9.17, 15) is 4.79 Å². The van der Waals surface area contributed by atoms with Crippen molar-refractivity contribution in [3.63, 3.8) is 0 Å². The van der Waals surface area contributed by atoms with Gasteiger partial charge in [-0.2, -0.15) is 0 Å². The molecule has 1 aromatic heterocycles. The summed E-state index contributed by atoms with van der Waals surface area (Å²) in [4.78, 5) is 14.7. The second-order valence-electron chi connectivity index (χ2n) is 4.47. The molecule has 2 rings (SSSR count). The summed E-state index contributed by atoms with van der Waals surface area (Å²) in [7, 11) is 0. The van der Waals surface area contributed by atoms with Gasteiger partial charge in [0.25, 0.3) is 0 Å². The highest BCUT2D eigenvalue weighted by atomic mass is 16.4. The third-order valence-electron chi connectivity index (χ3n) is 3.10. The van der Waals surface area contributed by atoms with Gasteiger partial charge in [-0.1, -0.05) is 19.8 Å². The predicted octanol–water partition coefficient (Wildman–Crippen LogP) is 2.13. The molecule has 1 aliphatic rings. The van der Waals surface area contributed by atoms with Gasteiger partial charge in [0.1, 0.15) is 12.2 Å². The Hall–Kier alpha value is -1.32. The van der Waals surface area contributed by atoms with Crippen LogP contribution in [0.25, 0.3) is 0 Å². The predicted molar refractivity (Wildman–Crippen MR) is 53.7 cm³/mol. The van der Waals surface area contributed by atoms with Crippen LogP contribution in [-0.2, 0) is 16.6 Å². The van der Waals surface area contributed by atoms with Gasteiger partial charge in [0.05, 0.1) is 6.20 Å². The first-order valence-corrected chi connectivity index (χ1v) is 5.27. The summed E-state index contributed by atoms with van der Waals surface area (Å²) in [5.74, 6) is 0.274. The fraction of sp³-hybridized carbons (Fsp3) is 0.636. The summed E-state index contributed by atoms with van der Waals surface area (Å²) in [5.41, 5.74) is 0.0246. The molecule has 1 heterocycles. The lowest BCUT2D eigenvalue weighted by molar-refractivity contribution is -0.136. The Labute approximate surface area is 88.3 Å². The Bertz CT molecular complexity index is 364. The summed E-state index contributed by atoms with van der Waals surface area (Å²) < 4.78 is 5.49. The van der Waals surface area contributed by atoms with E-state index in [1.54, 1.807) is 0 Å². The Balaban J connectivity index is 2.15. The van der Waals surface area contributed by atoms with Gasteiger partial charge in [0, 0.05) is 5.41 Å². The van der Waals surface area contributed by atoms with E-state index in [-0.39, 0.29) is 11.8 Å². The first kappa shape index (κ1) is 10.2. The van der Waals surface area contributed by atoms with E-state index >= 15 is 0 Å². The zero-order valence-electron chi connectivity index (χ0n) is 8.82. The van der Waals surface area contributed by atoms with Gasteiger partial charge in [0.15, 0.2) is 5.89 Å². The zero-order valence-corrected chi connectivity index (χ0v) is 8.82. The van der Waals surface area contributed by atoms with Crippen molar-refractivity contribution >= 4 is 5.97 Å². The Morgan fingerprint density at radius 2 is 2.27 bits per heavy atom.